The normalized spacial score (nSPS) is 9.00. The Morgan fingerprint density at radius 1 is 1.27 bits per heavy atom. The first kappa shape index (κ1) is 9.05. The Labute approximate surface area is 86.0 Å². The first-order valence-electron chi connectivity index (χ1n) is 4.33. The molecule has 0 aliphatic heterocycles. The summed E-state index contributed by atoms with van der Waals surface area (Å²) in [5, 5.41) is 8.89. The van der Waals surface area contributed by atoms with E-state index in [0.717, 1.165) is 5.52 Å². The molecule has 15 heavy (non-hydrogen) atoms. The van der Waals surface area contributed by atoms with Gasteiger partial charge in [0.25, 0.3) is 0 Å². The van der Waals surface area contributed by atoms with E-state index in [0.29, 0.717) is 10.9 Å². The first-order chi connectivity index (χ1) is 7.31. The fraction of sp³-hybridized carbons (Fsp3) is 0. The Hall–Kier alpha value is -2.52. The number of nitriles is 1. The Balaban J connectivity index is 2.71. The molecule has 0 radical (unpaired) electrons. The van der Waals surface area contributed by atoms with Gasteiger partial charge >= 0.3 is 0 Å². The number of nitrogens with one attached hydrogen (secondary N) is 1. The molecule has 0 aliphatic rings. The summed E-state index contributed by atoms with van der Waals surface area (Å²) in [6.45, 7) is 0. The van der Waals surface area contributed by atoms with Crippen LogP contribution in [0.3, 0.4) is 0 Å². The summed E-state index contributed by atoms with van der Waals surface area (Å²) in [5.41, 5.74) is 1.38. The van der Waals surface area contributed by atoms with Crippen LogP contribution in [0.25, 0.3) is 10.9 Å². The van der Waals surface area contributed by atoms with Crippen LogP contribution in [0, 0.1) is 23.2 Å². The van der Waals surface area contributed by atoms with Crippen LogP contribution in [0.15, 0.2) is 35.3 Å². The van der Waals surface area contributed by atoms with E-state index in [-0.39, 0.29) is 5.43 Å². The highest BCUT2D eigenvalue weighted by Gasteiger charge is 1.97. The zero-order valence-corrected chi connectivity index (χ0v) is 7.74. The van der Waals surface area contributed by atoms with Crippen LogP contribution in [0.4, 0.5) is 0 Å². The van der Waals surface area contributed by atoms with Gasteiger partial charge < -0.3 is 4.98 Å². The number of pyridine rings is 1. The van der Waals surface area contributed by atoms with Crippen LogP contribution in [0.2, 0.25) is 0 Å². The fourth-order valence-electron chi connectivity index (χ4n) is 1.35. The molecule has 70 valence electrons. The van der Waals surface area contributed by atoms with Crippen LogP contribution < -0.4 is 5.43 Å². The van der Waals surface area contributed by atoms with Gasteiger partial charge in [0, 0.05) is 34.7 Å². The van der Waals surface area contributed by atoms with Crippen LogP contribution in [-0.4, -0.2) is 4.98 Å². The predicted molar refractivity (Wildman–Crippen MR) is 57.1 cm³/mol. The standard InChI is InChI=1S/C12H6N2O/c13-6-1-2-9-3-4-11-10(8-9)12(15)5-7-14-11/h3-5,7-8H,(H,14,15). The second-order valence-electron chi connectivity index (χ2n) is 2.96. The van der Waals surface area contributed by atoms with Crippen LogP contribution >= 0.6 is 0 Å². The van der Waals surface area contributed by atoms with E-state index in [1.807, 2.05) is 0 Å². The molecule has 1 heterocycles. The minimum Gasteiger partial charge on any atom is -0.361 e. The maximum atomic E-state index is 11.5. The van der Waals surface area contributed by atoms with Crippen molar-refractivity contribution < 1.29 is 0 Å². The van der Waals surface area contributed by atoms with Crippen molar-refractivity contribution in [3.8, 4) is 17.9 Å². The summed E-state index contributed by atoms with van der Waals surface area (Å²) < 4.78 is 0. The fourth-order valence-corrected chi connectivity index (χ4v) is 1.35. The van der Waals surface area contributed by atoms with Crippen molar-refractivity contribution in [2.24, 2.45) is 0 Å². The molecule has 2 rings (SSSR count). The van der Waals surface area contributed by atoms with E-state index in [1.165, 1.54) is 6.07 Å². The van der Waals surface area contributed by atoms with Gasteiger partial charge in [0.1, 0.15) is 0 Å². The van der Waals surface area contributed by atoms with Gasteiger partial charge in [-0.2, -0.15) is 5.26 Å². The van der Waals surface area contributed by atoms with Gasteiger partial charge in [-0.3, -0.25) is 4.79 Å². The monoisotopic (exact) mass is 194 g/mol. The second-order valence-corrected chi connectivity index (χ2v) is 2.96. The summed E-state index contributed by atoms with van der Waals surface area (Å²) in [6, 6.07) is 8.42. The number of rotatable bonds is 0. The van der Waals surface area contributed by atoms with Crippen molar-refractivity contribution in [2.45, 2.75) is 0 Å². The predicted octanol–water partition coefficient (Wildman–Crippen LogP) is 1.40. The molecule has 3 nitrogen and oxygen atoms in total. The lowest BCUT2D eigenvalue weighted by molar-refractivity contribution is 1.39. The molecule has 1 N–H and O–H groups in total. The summed E-state index contributed by atoms with van der Waals surface area (Å²) in [5.74, 6) is 4.94. The van der Waals surface area contributed by atoms with Crippen LogP contribution in [0.1, 0.15) is 5.56 Å². The summed E-state index contributed by atoms with van der Waals surface area (Å²) >= 11 is 0. The summed E-state index contributed by atoms with van der Waals surface area (Å²) in [6.07, 6.45) is 1.60. The van der Waals surface area contributed by atoms with E-state index in [1.54, 1.807) is 30.5 Å². The third-order valence-corrected chi connectivity index (χ3v) is 2.02. The quantitative estimate of drug-likeness (QED) is 0.644. The molecule has 2 aromatic rings. The summed E-state index contributed by atoms with van der Waals surface area (Å²) in [7, 11) is 0. The maximum Gasteiger partial charge on any atom is 0.189 e. The average molecular weight is 194 g/mol. The number of aromatic nitrogens is 1. The molecule has 0 aliphatic carbocycles. The SMILES string of the molecule is N#CC#Cc1ccc2[nH]ccc(=O)c2c1. The van der Waals surface area contributed by atoms with Gasteiger partial charge in [-0.25, -0.2) is 0 Å². The number of fused-ring (bicyclic) bond motifs is 1. The molecule has 0 bridgehead atoms. The number of benzene rings is 1. The lowest BCUT2D eigenvalue weighted by atomic mass is 10.1. The van der Waals surface area contributed by atoms with Gasteiger partial charge in [-0.15, -0.1) is 0 Å². The van der Waals surface area contributed by atoms with E-state index in [9.17, 15) is 4.79 Å². The minimum atomic E-state index is -0.0515. The molecule has 0 atom stereocenters. The average Bonchev–Trinajstić information content (AvgIpc) is 2.27. The number of aromatic amines is 1. The molecular formula is C12H6N2O. The molecule has 0 spiro atoms. The third kappa shape index (κ3) is 1.72. The number of H-pyrrole nitrogens is 1. The Kier molecular flexibility index (Phi) is 2.23. The molecule has 0 fully saturated rings. The molecule has 0 saturated carbocycles. The van der Waals surface area contributed by atoms with Gasteiger partial charge in [0.15, 0.2) is 11.5 Å². The topological polar surface area (TPSA) is 56.6 Å². The zero-order valence-electron chi connectivity index (χ0n) is 7.74. The molecule has 1 aromatic heterocycles. The van der Waals surface area contributed by atoms with Crippen molar-refractivity contribution >= 4 is 10.9 Å². The molecule has 0 unspecified atom stereocenters. The highest BCUT2D eigenvalue weighted by atomic mass is 16.1. The van der Waals surface area contributed by atoms with E-state index < -0.39 is 0 Å². The second kappa shape index (κ2) is 3.69. The van der Waals surface area contributed by atoms with Crippen LogP contribution in [0.5, 0.6) is 0 Å². The lowest BCUT2D eigenvalue weighted by Gasteiger charge is -1.96. The van der Waals surface area contributed by atoms with Crippen LogP contribution in [-0.2, 0) is 0 Å². The zero-order chi connectivity index (χ0) is 10.7. The van der Waals surface area contributed by atoms with Crippen molar-refractivity contribution in [3.63, 3.8) is 0 Å². The first-order valence-corrected chi connectivity index (χ1v) is 4.33. The number of hydrogen-bond donors (Lipinski definition) is 1. The third-order valence-electron chi connectivity index (χ3n) is 2.02. The largest absolute Gasteiger partial charge is 0.361 e. The number of hydrogen-bond acceptors (Lipinski definition) is 2. The van der Waals surface area contributed by atoms with Gasteiger partial charge in [0.2, 0.25) is 0 Å². The highest BCUT2D eigenvalue weighted by molar-refractivity contribution is 5.79. The maximum absolute atomic E-state index is 11.5. The Bertz CT molecular complexity index is 666. The summed E-state index contributed by atoms with van der Waals surface area (Å²) in [4.78, 5) is 14.4. The highest BCUT2D eigenvalue weighted by Crippen LogP contribution is 2.08. The minimum absolute atomic E-state index is 0.0515. The van der Waals surface area contributed by atoms with Gasteiger partial charge in [0.05, 0.1) is 0 Å². The van der Waals surface area contributed by atoms with Gasteiger partial charge in [-0.1, -0.05) is 5.92 Å². The van der Waals surface area contributed by atoms with Crippen molar-refractivity contribution in [1.82, 2.24) is 4.98 Å². The smallest absolute Gasteiger partial charge is 0.189 e. The van der Waals surface area contributed by atoms with Crippen molar-refractivity contribution in [3.05, 3.63) is 46.2 Å². The molecular weight excluding hydrogens is 188 g/mol. The van der Waals surface area contributed by atoms with E-state index in [2.05, 4.69) is 16.8 Å². The van der Waals surface area contributed by atoms with E-state index in [4.69, 9.17) is 5.26 Å². The molecule has 0 saturated heterocycles. The Morgan fingerprint density at radius 3 is 2.93 bits per heavy atom. The lowest BCUT2D eigenvalue weighted by Crippen LogP contribution is -1.99. The van der Waals surface area contributed by atoms with E-state index >= 15 is 0 Å². The molecule has 1 aromatic carbocycles. The van der Waals surface area contributed by atoms with Gasteiger partial charge in [-0.05, 0) is 18.2 Å². The molecule has 0 amide bonds. The van der Waals surface area contributed by atoms with Crippen molar-refractivity contribution in [1.29, 1.82) is 5.26 Å². The number of nitrogens with zero attached hydrogens (tertiary/aromatic N) is 1. The van der Waals surface area contributed by atoms with Crippen molar-refractivity contribution in [2.75, 3.05) is 0 Å². The Morgan fingerprint density at radius 2 is 2.13 bits per heavy atom. The molecule has 3 heteroatoms.